The number of aromatic nitrogens is 3. The van der Waals surface area contributed by atoms with Crippen LogP contribution in [0.4, 0.5) is 4.39 Å². The van der Waals surface area contributed by atoms with Gasteiger partial charge in [-0.05, 0) is 29.3 Å². The quantitative estimate of drug-likeness (QED) is 0.311. The maximum atomic E-state index is 14.6. The van der Waals surface area contributed by atoms with Crippen molar-refractivity contribution in [3.8, 4) is 5.75 Å². The molecule has 0 saturated carbocycles. The first-order chi connectivity index (χ1) is 17.9. The summed E-state index contributed by atoms with van der Waals surface area (Å²) >= 11 is 3.32. The molecule has 4 rings (SSSR count). The van der Waals surface area contributed by atoms with Gasteiger partial charge in [-0.15, -0.1) is 0 Å². The number of carbonyl (C=O) groups excluding carboxylic acids is 1. The zero-order valence-electron chi connectivity index (χ0n) is 20.4. The summed E-state index contributed by atoms with van der Waals surface area (Å²) in [7, 11) is 2.92. The Bertz CT molecular complexity index is 1450. The lowest BCUT2D eigenvalue weighted by atomic mass is 10.1. The van der Waals surface area contributed by atoms with E-state index in [0.717, 1.165) is 11.1 Å². The minimum Gasteiger partial charge on any atom is -0.494 e. The van der Waals surface area contributed by atoms with Crippen molar-refractivity contribution >= 4 is 21.8 Å². The fourth-order valence-electron chi connectivity index (χ4n) is 3.86. The van der Waals surface area contributed by atoms with Crippen LogP contribution in [0.2, 0.25) is 0 Å². The second-order valence-corrected chi connectivity index (χ2v) is 9.18. The molecule has 37 heavy (non-hydrogen) atoms. The van der Waals surface area contributed by atoms with E-state index in [1.807, 2.05) is 30.3 Å². The van der Waals surface area contributed by atoms with Gasteiger partial charge in [0.25, 0.3) is 11.5 Å². The Morgan fingerprint density at radius 2 is 1.78 bits per heavy atom. The number of rotatable bonds is 10. The first-order valence-electron chi connectivity index (χ1n) is 11.5. The first-order valence-corrected chi connectivity index (χ1v) is 12.3. The SMILES string of the molecule is COCc1nn(Cc2ccc(Cn3ccccc3=O)cc2)cc1C(=O)NCc1c(Br)ccc(OC)c1F. The molecule has 2 aromatic heterocycles. The molecule has 0 fully saturated rings. The molecule has 1 N–H and O–H groups in total. The molecule has 1 amide bonds. The lowest BCUT2D eigenvalue weighted by Gasteiger charge is -2.11. The molecule has 192 valence electrons. The van der Waals surface area contributed by atoms with Gasteiger partial charge in [0, 0.05) is 42.2 Å². The van der Waals surface area contributed by atoms with E-state index in [1.165, 1.54) is 26.4 Å². The van der Waals surface area contributed by atoms with E-state index < -0.39 is 11.7 Å². The highest BCUT2D eigenvalue weighted by Crippen LogP contribution is 2.27. The number of pyridine rings is 1. The van der Waals surface area contributed by atoms with E-state index in [2.05, 4.69) is 26.3 Å². The summed E-state index contributed by atoms with van der Waals surface area (Å²) in [5.74, 6) is -0.830. The Hall–Kier alpha value is -3.76. The van der Waals surface area contributed by atoms with Crippen LogP contribution in [-0.2, 0) is 31.0 Å². The summed E-state index contributed by atoms with van der Waals surface area (Å²) in [6.45, 7) is 1.03. The van der Waals surface area contributed by atoms with Crippen molar-refractivity contribution < 1.29 is 18.7 Å². The minimum atomic E-state index is -0.537. The predicted octanol–water partition coefficient (Wildman–Crippen LogP) is 4.13. The van der Waals surface area contributed by atoms with Crippen molar-refractivity contribution in [1.29, 1.82) is 0 Å². The number of halogens is 2. The van der Waals surface area contributed by atoms with Crippen LogP contribution in [-0.4, -0.2) is 34.5 Å². The average molecular weight is 569 g/mol. The standard InChI is InChI=1S/C27H26BrFN4O4/c1-36-17-23-21(27(35)30-13-20-22(28)10-11-24(37-2)26(20)29)16-33(31-23)15-19-8-6-18(7-9-19)14-32-12-4-3-5-25(32)34/h3-12,16H,13-15,17H2,1-2H3,(H,30,35). The molecule has 2 heterocycles. The average Bonchev–Trinajstić information content (AvgIpc) is 3.29. The Morgan fingerprint density at radius 1 is 1.05 bits per heavy atom. The molecule has 0 aliphatic carbocycles. The minimum absolute atomic E-state index is 0.0357. The third kappa shape index (κ3) is 6.33. The molecule has 4 aromatic rings. The van der Waals surface area contributed by atoms with Crippen LogP contribution < -0.4 is 15.6 Å². The van der Waals surface area contributed by atoms with Crippen molar-refractivity contribution in [3.63, 3.8) is 0 Å². The fraction of sp³-hybridized carbons (Fsp3) is 0.222. The first kappa shape index (κ1) is 26.3. The zero-order valence-corrected chi connectivity index (χ0v) is 22.0. The number of nitrogens with one attached hydrogen (secondary N) is 1. The smallest absolute Gasteiger partial charge is 0.255 e. The van der Waals surface area contributed by atoms with Gasteiger partial charge < -0.3 is 19.4 Å². The van der Waals surface area contributed by atoms with Gasteiger partial charge in [-0.25, -0.2) is 4.39 Å². The summed E-state index contributed by atoms with van der Waals surface area (Å²) in [5.41, 5.74) is 3.03. The molecular formula is C27H26BrFN4O4. The van der Waals surface area contributed by atoms with E-state index in [-0.39, 0.29) is 30.0 Å². The van der Waals surface area contributed by atoms with Crippen molar-refractivity contribution in [2.24, 2.45) is 0 Å². The Kier molecular flexibility index (Phi) is 8.52. The van der Waals surface area contributed by atoms with Crippen LogP contribution in [0.15, 0.2) is 76.3 Å². The van der Waals surface area contributed by atoms with Gasteiger partial charge >= 0.3 is 0 Å². The molecule has 0 spiro atoms. The molecule has 0 atom stereocenters. The van der Waals surface area contributed by atoms with Gasteiger partial charge in [0.2, 0.25) is 0 Å². The van der Waals surface area contributed by atoms with Crippen molar-refractivity contribution in [2.45, 2.75) is 26.2 Å². The molecule has 2 aromatic carbocycles. The molecule has 0 unspecified atom stereocenters. The lowest BCUT2D eigenvalue weighted by Crippen LogP contribution is -2.24. The zero-order chi connectivity index (χ0) is 26.4. The number of nitrogens with zero attached hydrogens (tertiary/aromatic N) is 3. The highest BCUT2D eigenvalue weighted by Gasteiger charge is 2.19. The summed E-state index contributed by atoms with van der Waals surface area (Å²) in [5, 5.41) is 7.28. The Balaban J connectivity index is 1.46. The van der Waals surface area contributed by atoms with E-state index in [0.29, 0.717) is 28.8 Å². The number of amides is 1. The molecule has 0 radical (unpaired) electrons. The predicted molar refractivity (Wildman–Crippen MR) is 140 cm³/mol. The molecular weight excluding hydrogens is 543 g/mol. The summed E-state index contributed by atoms with van der Waals surface area (Å²) in [4.78, 5) is 24.9. The molecule has 10 heteroatoms. The second kappa shape index (κ2) is 12.0. The molecule has 0 bridgehead atoms. The van der Waals surface area contributed by atoms with Gasteiger partial charge in [0.15, 0.2) is 11.6 Å². The third-order valence-electron chi connectivity index (χ3n) is 5.78. The van der Waals surface area contributed by atoms with Crippen LogP contribution in [0.25, 0.3) is 0 Å². The maximum absolute atomic E-state index is 14.6. The van der Waals surface area contributed by atoms with Crippen molar-refractivity contribution in [1.82, 2.24) is 19.7 Å². The van der Waals surface area contributed by atoms with Gasteiger partial charge in [-0.3, -0.25) is 14.3 Å². The third-order valence-corrected chi connectivity index (χ3v) is 6.52. The second-order valence-electron chi connectivity index (χ2n) is 8.33. The van der Waals surface area contributed by atoms with E-state index in [1.54, 1.807) is 33.8 Å². The number of hydrogen-bond acceptors (Lipinski definition) is 5. The molecule has 8 nitrogen and oxygen atoms in total. The van der Waals surface area contributed by atoms with Crippen LogP contribution in [0.1, 0.15) is 32.7 Å². The van der Waals surface area contributed by atoms with E-state index in [4.69, 9.17) is 9.47 Å². The monoisotopic (exact) mass is 568 g/mol. The van der Waals surface area contributed by atoms with Crippen LogP contribution in [0.5, 0.6) is 5.75 Å². The van der Waals surface area contributed by atoms with E-state index >= 15 is 0 Å². The molecule has 0 aliphatic heterocycles. The Morgan fingerprint density at radius 3 is 2.46 bits per heavy atom. The highest BCUT2D eigenvalue weighted by molar-refractivity contribution is 9.10. The van der Waals surface area contributed by atoms with Crippen LogP contribution in [0, 0.1) is 5.82 Å². The number of benzene rings is 2. The number of carbonyl (C=O) groups is 1. The summed E-state index contributed by atoms with van der Waals surface area (Å²) in [6, 6.07) is 16.1. The number of hydrogen-bond donors (Lipinski definition) is 1. The highest BCUT2D eigenvalue weighted by atomic mass is 79.9. The maximum Gasteiger partial charge on any atom is 0.255 e. The summed E-state index contributed by atoms with van der Waals surface area (Å²) in [6.07, 6.45) is 3.41. The fourth-order valence-corrected chi connectivity index (χ4v) is 4.31. The normalized spacial score (nSPS) is 10.9. The molecule has 0 aliphatic rings. The van der Waals surface area contributed by atoms with Gasteiger partial charge in [0.1, 0.15) is 5.69 Å². The van der Waals surface area contributed by atoms with Crippen molar-refractivity contribution in [3.05, 3.63) is 116 Å². The number of methoxy groups -OCH3 is 2. The van der Waals surface area contributed by atoms with Crippen LogP contribution in [0.3, 0.4) is 0 Å². The lowest BCUT2D eigenvalue weighted by molar-refractivity contribution is 0.0945. The Labute approximate surface area is 221 Å². The van der Waals surface area contributed by atoms with Gasteiger partial charge in [0.05, 0.1) is 32.4 Å². The molecule has 0 saturated heterocycles. The number of ether oxygens (including phenoxy) is 2. The van der Waals surface area contributed by atoms with Gasteiger partial charge in [-0.1, -0.05) is 46.3 Å². The van der Waals surface area contributed by atoms with Crippen molar-refractivity contribution in [2.75, 3.05) is 14.2 Å². The van der Waals surface area contributed by atoms with Gasteiger partial charge in [-0.2, -0.15) is 5.10 Å². The van der Waals surface area contributed by atoms with Crippen LogP contribution >= 0.6 is 15.9 Å². The summed E-state index contributed by atoms with van der Waals surface area (Å²) < 4.78 is 28.7. The largest absolute Gasteiger partial charge is 0.494 e. The van der Waals surface area contributed by atoms with E-state index in [9.17, 15) is 14.0 Å². The topological polar surface area (TPSA) is 87.4 Å².